The molecule has 33 heavy (non-hydrogen) atoms. The molecule has 10 heteroatoms. The molecule has 2 heterocycles. The molecule has 2 aromatic carbocycles. The fraction of sp³-hybridized carbons (Fsp3) is 0.391. The number of fused-ring (bicyclic) bond motifs is 2. The van der Waals surface area contributed by atoms with E-state index < -0.39 is 6.17 Å². The number of amides is 1. The highest BCUT2D eigenvalue weighted by atomic mass is 32.2. The van der Waals surface area contributed by atoms with Crippen LogP contribution in [-0.2, 0) is 4.79 Å². The highest BCUT2D eigenvalue weighted by Gasteiger charge is 2.38. The summed E-state index contributed by atoms with van der Waals surface area (Å²) in [7, 11) is 0. The van der Waals surface area contributed by atoms with Crippen LogP contribution in [0.25, 0.3) is 10.2 Å². The van der Waals surface area contributed by atoms with Crippen molar-refractivity contribution in [3.63, 3.8) is 0 Å². The minimum atomic E-state index is -0.422. The second-order valence-corrected chi connectivity index (χ2v) is 10.6. The maximum atomic E-state index is 12.6. The number of nitro groups is 1. The van der Waals surface area contributed by atoms with Crippen LogP contribution >= 0.6 is 23.1 Å². The number of hydrogen-bond donors (Lipinski definition) is 2. The van der Waals surface area contributed by atoms with E-state index in [1.54, 1.807) is 12.1 Å². The van der Waals surface area contributed by atoms with Gasteiger partial charge in [-0.1, -0.05) is 30.7 Å². The third-order valence-electron chi connectivity index (χ3n) is 6.13. The van der Waals surface area contributed by atoms with Crippen LogP contribution in [0, 0.1) is 16.0 Å². The van der Waals surface area contributed by atoms with Crippen LogP contribution in [0.5, 0.6) is 5.75 Å². The van der Waals surface area contributed by atoms with Crippen molar-refractivity contribution in [2.75, 3.05) is 6.61 Å². The lowest BCUT2D eigenvalue weighted by molar-refractivity contribution is -0.387. The van der Waals surface area contributed by atoms with Crippen LogP contribution in [0.4, 0.5) is 5.69 Å². The SMILES string of the molecule is CCOc1ccc2nc(Sc3ccc(C4NC(=O)C5CCCCC5N4)cc3[N+](=O)[O-])sc2c1. The Morgan fingerprint density at radius 2 is 2.09 bits per heavy atom. The van der Waals surface area contributed by atoms with Crippen molar-refractivity contribution in [2.24, 2.45) is 5.92 Å². The molecule has 1 aromatic heterocycles. The van der Waals surface area contributed by atoms with Gasteiger partial charge in [-0.2, -0.15) is 0 Å². The van der Waals surface area contributed by atoms with Gasteiger partial charge >= 0.3 is 0 Å². The quantitative estimate of drug-likeness (QED) is 0.373. The van der Waals surface area contributed by atoms with E-state index in [0.717, 1.165) is 46.0 Å². The number of hydrogen-bond acceptors (Lipinski definition) is 8. The first-order valence-corrected chi connectivity index (χ1v) is 12.7. The average Bonchev–Trinajstić information content (AvgIpc) is 3.21. The molecule has 3 unspecified atom stereocenters. The van der Waals surface area contributed by atoms with Gasteiger partial charge in [0.05, 0.1) is 32.6 Å². The third kappa shape index (κ3) is 4.55. The Morgan fingerprint density at radius 3 is 2.91 bits per heavy atom. The number of benzene rings is 2. The number of ether oxygens (including phenoxy) is 1. The standard InChI is InChI=1S/C23H24N4O4S2/c1-2-31-14-8-9-17-20(12-14)33-23(25-17)32-19-10-7-13(11-18(19)27(29)30)21-24-16-6-4-3-5-15(16)22(28)26-21/h7-12,15-16,21,24H,2-6H2,1H3,(H,26,28). The monoisotopic (exact) mass is 484 g/mol. The van der Waals surface area contributed by atoms with Crippen molar-refractivity contribution in [3.8, 4) is 5.75 Å². The fourth-order valence-corrected chi connectivity index (χ4v) is 6.69. The Hall–Kier alpha value is -2.69. The van der Waals surface area contributed by atoms with E-state index in [4.69, 9.17) is 4.74 Å². The first kappa shape index (κ1) is 22.1. The lowest BCUT2D eigenvalue weighted by Crippen LogP contribution is -2.57. The molecular formula is C23H24N4O4S2. The molecule has 172 valence electrons. The van der Waals surface area contributed by atoms with Crippen LogP contribution in [0.15, 0.2) is 45.6 Å². The lowest BCUT2D eigenvalue weighted by Gasteiger charge is -2.40. The largest absolute Gasteiger partial charge is 0.494 e. The van der Waals surface area contributed by atoms with Crippen LogP contribution in [0.2, 0.25) is 0 Å². The molecule has 5 rings (SSSR count). The Kier molecular flexibility index (Phi) is 6.22. The van der Waals surface area contributed by atoms with Gasteiger partial charge in [-0.05, 0) is 49.6 Å². The number of nitrogens with one attached hydrogen (secondary N) is 2. The molecule has 3 atom stereocenters. The van der Waals surface area contributed by atoms with E-state index in [9.17, 15) is 14.9 Å². The van der Waals surface area contributed by atoms with Crippen molar-refractivity contribution in [2.45, 2.75) is 54.0 Å². The van der Waals surface area contributed by atoms with Gasteiger partial charge < -0.3 is 10.1 Å². The zero-order valence-electron chi connectivity index (χ0n) is 18.1. The summed E-state index contributed by atoms with van der Waals surface area (Å²) in [5, 5.41) is 18.4. The van der Waals surface area contributed by atoms with Gasteiger partial charge in [0.25, 0.3) is 5.69 Å². The highest BCUT2D eigenvalue weighted by Crippen LogP contribution is 2.40. The molecule has 2 fully saturated rings. The summed E-state index contributed by atoms with van der Waals surface area (Å²) in [6.07, 6.45) is 3.58. The Bertz CT molecular complexity index is 1210. The Labute approximate surface area is 199 Å². The van der Waals surface area contributed by atoms with Gasteiger partial charge in [0.1, 0.15) is 11.9 Å². The summed E-state index contributed by atoms with van der Waals surface area (Å²) < 4.78 is 7.25. The summed E-state index contributed by atoms with van der Waals surface area (Å²) in [6.45, 7) is 2.52. The number of nitro benzene ring substituents is 1. The van der Waals surface area contributed by atoms with Crippen molar-refractivity contribution in [3.05, 3.63) is 52.1 Å². The molecule has 1 aliphatic carbocycles. The van der Waals surface area contributed by atoms with Crippen LogP contribution in [0.1, 0.15) is 44.3 Å². The molecule has 2 aliphatic rings. The summed E-state index contributed by atoms with van der Waals surface area (Å²) in [4.78, 5) is 29.2. The lowest BCUT2D eigenvalue weighted by atomic mass is 9.82. The van der Waals surface area contributed by atoms with Gasteiger partial charge in [0.15, 0.2) is 4.34 Å². The molecule has 3 aromatic rings. The molecule has 1 amide bonds. The second-order valence-electron chi connectivity index (χ2n) is 8.23. The van der Waals surface area contributed by atoms with Crippen molar-refractivity contribution < 1.29 is 14.5 Å². The minimum Gasteiger partial charge on any atom is -0.494 e. The van der Waals surface area contributed by atoms with Gasteiger partial charge in [-0.25, -0.2) is 4.98 Å². The summed E-state index contributed by atoms with van der Waals surface area (Å²) >= 11 is 2.76. The zero-order chi connectivity index (χ0) is 22.9. The molecular weight excluding hydrogens is 460 g/mol. The van der Waals surface area contributed by atoms with E-state index in [0.29, 0.717) is 17.1 Å². The predicted octanol–water partition coefficient (Wildman–Crippen LogP) is 5.03. The first-order valence-electron chi connectivity index (χ1n) is 11.1. The van der Waals surface area contributed by atoms with Crippen LogP contribution < -0.4 is 15.4 Å². The van der Waals surface area contributed by atoms with Gasteiger partial charge in [0.2, 0.25) is 5.91 Å². The second kappa shape index (κ2) is 9.28. The maximum absolute atomic E-state index is 12.6. The summed E-state index contributed by atoms with van der Waals surface area (Å²) in [5.74, 6) is 0.801. The molecule has 0 bridgehead atoms. The molecule has 0 radical (unpaired) electrons. The number of carbonyl (C=O) groups excluding carboxylic acids is 1. The van der Waals surface area contributed by atoms with Gasteiger partial charge in [-0.3, -0.25) is 20.2 Å². The van der Waals surface area contributed by atoms with Crippen molar-refractivity contribution in [1.82, 2.24) is 15.6 Å². The zero-order valence-corrected chi connectivity index (χ0v) is 19.7. The average molecular weight is 485 g/mol. The predicted molar refractivity (Wildman–Crippen MR) is 128 cm³/mol. The first-order chi connectivity index (χ1) is 16.0. The Morgan fingerprint density at radius 1 is 1.24 bits per heavy atom. The highest BCUT2D eigenvalue weighted by molar-refractivity contribution is 8.01. The summed E-state index contributed by atoms with van der Waals surface area (Å²) in [5.41, 5.74) is 1.53. The van der Waals surface area contributed by atoms with Gasteiger partial charge in [0, 0.05) is 12.1 Å². The minimum absolute atomic E-state index is 0.00794. The molecule has 2 N–H and O–H groups in total. The van der Waals surface area contributed by atoms with E-state index >= 15 is 0 Å². The van der Waals surface area contributed by atoms with Crippen LogP contribution in [-0.4, -0.2) is 28.5 Å². The van der Waals surface area contributed by atoms with Crippen LogP contribution in [0.3, 0.4) is 0 Å². The maximum Gasteiger partial charge on any atom is 0.283 e. The normalized spacial score (nSPS) is 22.6. The molecule has 1 aliphatic heterocycles. The van der Waals surface area contributed by atoms with E-state index in [-0.39, 0.29) is 28.5 Å². The smallest absolute Gasteiger partial charge is 0.283 e. The third-order valence-corrected chi connectivity index (χ3v) is 8.28. The van der Waals surface area contributed by atoms with E-state index in [1.165, 1.54) is 23.1 Å². The van der Waals surface area contributed by atoms with Gasteiger partial charge in [-0.15, -0.1) is 11.3 Å². The topological polar surface area (TPSA) is 106 Å². The number of aromatic nitrogens is 1. The van der Waals surface area contributed by atoms with E-state index in [2.05, 4.69) is 15.6 Å². The fourth-order valence-electron chi connectivity index (χ4n) is 4.55. The van der Waals surface area contributed by atoms with E-state index in [1.807, 2.05) is 31.2 Å². The molecule has 8 nitrogen and oxygen atoms in total. The van der Waals surface area contributed by atoms with Crippen molar-refractivity contribution >= 4 is 44.9 Å². The molecule has 0 spiro atoms. The molecule has 1 saturated heterocycles. The Balaban J connectivity index is 1.39. The molecule has 1 saturated carbocycles. The number of nitrogens with zero attached hydrogens (tertiary/aromatic N) is 2. The van der Waals surface area contributed by atoms with Crippen molar-refractivity contribution in [1.29, 1.82) is 0 Å². The number of thiazole rings is 1. The number of rotatable bonds is 6. The number of carbonyl (C=O) groups is 1. The summed E-state index contributed by atoms with van der Waals surface area (Å²) in [6, 6.07) is 11.0.